The van der Waals surface area contributed by atoms with E-state index in [1.165, 1.54) is 10.5 Å². The minimum Gasteiger partial charge on any atom is -0.375 e. The molecule has 1 saturated heterocycles. The molecular formula is C15H24N2OS. The fraction of sp³-hybridized carbons (Fsp3) is 0.600. The Bertz CT molecular complexity index is 386. The van der Waals surface area contributed by atoms with E-state index < -0.39 is 0 Å². The quantitative estimate of drug-likeness (QED) is 0.808. The molecule has 0 aliphatic carbocycles. The number of likely N-dealkylation sites (N-methyl/N-ethyl adjacent to an activating group) is 1. The lowest BCUT2D eigenvalue weighted by atomic mass is 10.2. The number of thioether (sulfide) groups is 1. The van der Waals surface area contributed by atoms with Gasteiger partial charge in [-0.3, -0.25) is 0 Å². The zero-order valence-corrected chi connectivity index (χ0v) is 12.7. The van der Waals surface area contributed by atoms with E-state index in [0.29, 0.717) is 6.10 Å². The van der Waals surface area contributed by atoms with Crippen LogP contribution in [0.3, 0.4) is 0 Å². The van der Waals surface area contributed by atoms with Crippen LogP contribution >= 0.6 is 11.8 Å². The highest BCUT2D eigenvalue weighted by Crippen LogP contribution is 2.22. The molecule has 106 valence electrons. The van der Waals surface area contributed by atoms with Crippen molar-refractivity contribution in [3.8, 4) is 0 Å². The predicted molar refractivity (Wildman–Crippen MR) is 81.8 cm³/mol. The number of ether oxygens (including phenoxy) is 1. The molecule has 0 spiro atoms. The molecule has 1 heterocycles. The number of nitrogens with one attached hydrogen (secondary N) is 1. The topological polar surface area (TPSA) is 24.5 Å². The molecule has 2 rings (SSSR count). The lowest BCUT2D eigenvalue weighted by molar-refractivity contribution is -0.00598. The van der Waals surface area contributed by atoms with Crippen LogP contribution in [0.2, 0.25) is 0 Å². The molecule has 1 aromatic rings. The van der Waals surface area contributed by atoms with Gasteiger partial charge in [0.1, 0.15) is 0 Å². The summed E-state index contributed by atoms with van der Waals surface area (Å²) in [5.41, 5.74) is 1.36. The molecule has 3 nitrogen and oxygen atoms in total. The highest BCUT2D eigenvalue weighted by molar-refractivity contribution is 7.99. The van der Waals surface area contributed by atoms with Crippen molar-refractivity contribution in [1.29, 1.82) is 0 Å². The minimum atomic E-state index is 0.362. The monoisotopic (exact) mass is 280 g/mol. The third kappa shape index (κ3) is 5.15. The fourth-order valence-corrected chi connectivity index (χ4v) is 3.16. The van der Waals surface area contributed by atoms with Crippen molar-refractivity contribution in [3.63, 3.8) is 0 Å². The summed E-state index contributed by atoms with van der Waals surface area (Å²) in [6.07, 6.45) is 0.362. The van der Waals surface area contributed by atoms with Crippen LogP contribution in [0.5, 0.6) is 0 Å². The number of benzene rings is 1. The van der Waals surface area contributed by atoms with E-state index in [0.717, 1.165) is 38.5 Å². The van der Waals surface area contributed by atoms with Gasteiger partial charge in [-0.05, 0) is 31.3 Å². The maximum atomic E-state index is 5.79. The highest BCUT2D eigenvalue weighted by atomic mass is 32.2. The molecule has 1 aromatic carbocycles. The summed E-state index contributed by atoms with van der Waals surface area (Å²) >= 11 is 1.90. The van der Waals surface area contributed by atoms with Crippen LogP contribution < -0.4 is 5.32 Å². The average Bonchev–Trinajstić information content (AvgIpc) is 2.43. The molecule has 1 fully saturated rings. The van der Waals surface area contributed by atoms with Crippen LogP contribution in [0.25, 0.3) is 0 Å². The number of hydrogen-bond acceptors (Lipinski definition) is 4. The third-order valence-electron chi connectivity index (χ3n) is 3.26. The van der Waals surface area contributed by atoms with Crippen LogP contribution in [0, 0.1) is 0 Å². The maximum Gasteiger partial charge on any atom is 0.0796 e. The first-order valence-electron chi connectivity index (χ1n) is 7.00. The van der Waals surface area contributed by atoms with Gasteiger partial charge in [0.25, 0.3) is 0 Å². The molecule has 0 saturated carbocycles. The van der Waals surface area contributed by atoms with E-state index in [-0.39, 0.29) is 0 Å². The Kier molecular flexibility index (Phi) is 6.17. The van der Waals surface area contributed by atoms with E-state index in [1.807, 2.05) is 11.8 Å². The first-order chi connectivity index (χ1) is 9.28. The van der Waals surface area contributed by atoms with Gasteiger partial charge in [0, 0.05) is 30.3 Å². The average molecular weight is 280 g/mol. The lowest BCUT2D eigenvalue weighted by Gasteiger charge is -2.29. The second-order valence-corrected chi connectivity index (χ2v) is 6.09. The number of hydrogen-bond donors (Lipinski definition) is 1. The number of morpholine rings is 1. The second kappa shape index (κ2) is 7.90. The fourth-order valence-electron chi connectivity index (χ4n) is 2.17. The first kappa shape index (κ1) is 14.9. The van der Waals surface area contributed by atoms with Gasteiger partial charge in [-0.25, -0.2) is 0 Å². The van der Waals surface area contributed by atoms with E-state index in [4.69, 9.17) is 4.74 Å². The molecule has 0 aromatic heterocycles. The summed E-state index contributed by atoms with van der Waals surface area (Å²) in [6, 6.07) is 8.78. The smallest absolute Gasteiger partial charge is 0.0796 e. The number of nitrogens with zero attached hydrogens (tertiary/aromatic N) is 1. The van der Waals surface area contributed by atoms with Gasteiger partial charge in [0.05, 0.1) is 12.7 Å². The van der Waals surface area contributed by atoms with Gasteiger partial charge in [0.15, 0.2) is 0 Å². The predicted octanol–water partition coefficient (Wildman–Crippen LogP) is 2.22. The summed E-state index contributed by atoms with van der Waals surface area (Å²) < 4.78 is 5.79. The van der Waals surface area contributed by atoms with Crippen LogP contribution in [0.1, 0.15) is 12.5 Å². The molecule has 1 unspecified atom stereocenters. The molecule has 1 aliphatic heterocycles. The highest BCUT2D eigenvalue weighted by Gasteiger charge is 2.17. The molecule has 1 N–H and O–H groups in total. The zero-order chi connectivity index (χ0) is 13.5. The van der Waals surface area contributed by atoms with Crippen LogP contribution in [0.15, 0.2) is 29.2 Å². The van der Waals surface area contributed by atoms with Crippen LogP contribution in [-0.4, -0.2) is 50.0 Å². The van der Waals surface area contributed by atoms with Gasteiger partial charge in [-0.15, -0.1) is 11.8 Å². The molecule has 0 bridgehead atoms. The normalized spacial score (nSPS) is 20.6. The Hall–Kier alpha value is -0.550. The molecule has 4 heteroatoms. The van der Waals surface area contributed by atoms with Crippen molar-refractivity contribution in [2.45, 2.75) is 24.5 Å². The molecule has 0 radical (unpaired) electrons. The van der Waals surface area contributed by atoms with Crippen molar-refractivity contribution in [2.24, 2.45) is 0 Å². The Labute approximate surface area is 120 Å². The Morgan fingerprint density at radius 2 is 2.37 bits per heavy atom. The van der Waals surface area contributed by atoms with Crippen molar-refractivity contribution in [1.82, 2.24) is 10.2 Å². The minimum absolute atomic E-state index is 0.362. The van der Waals surface area contributed by atoms with Crippen molar-refractivity contribution in [2.75, 3.05) is 39.0 Å². The van der Waals surface area contributed by atoms with E-state index in [9.17, 15) is 0 Å². The van der Waals surface area contributed by atoms with Crippen LogP contribution in [-0.2, 0) is 11.3 Å². The Morgan fingerprint density at radius 3 is 3.16 bits per heavy atom. The molecule has 1 atom stereocenters. The summed E-state index contributed by atoms with van der Waals surface area (Å²) in [4.78, 5) is 3.68. The Balaban J connectivity index is 1.81. The van der Waals surface area contributed by atoms with E-state index in [1.54, 1.807) is 0 Å². The van der Waals surface area contributed by atoms with Gasteiger partial charge in [0.2, 0.25) is 0 Å². The van der Waals surface area contributed by atoms with Crippen LogP contribution in [0.4, 0.5) is 0 Å². The van der Waals surface area contributed by atoms with Crippen molar-refractivity contribution < 1.29 is 4.74 Å². The lowest BCUT2D eigenvalue weighted by Crippen LogP contribution is -2.41. The molecule has 1 aliphatic rings. The summed E-state index contributed by atoms with van der Waals surface area (Å²) in [5, 5.41) is 3.36. The Morgan fingerprint density at radius 1 is 1.47 bits per heavy atom. The van der Waals surface area contributed by atoms with E-state index in [2.05, 4.69) is 48.5 Å². The molecular weight excluding hydrogens is 256 g/mol. The van der Waals surface area contributed by atoms with E-state index >= 15 is 0 Å². The van der Waals surface area contributed by atoms with Gasteiger partial charge >= 0.3 is 0 Å². The SMILES string of the molecule is CCNCc1cccc(SCC2CN(C)CCO2)c1. The standard InChI is InChI=1S/C15H24N2OS/c1-3-16-10-13-5-4-6-15(9-13)19-12-14-11-17(2)7-8-18-14/h4-6,9,14,16H,3,7-8,10-12H2,1-2H3. The van der Waals surface area contributed by atoms with Crippen molar-refractivity contribution in [3.05, 3.63) is 29.8 Å². The third-order valence-corrected chi connectivity index (χ3v) is 4.38. The second-order valence-electron chi connectivity index (χ2n) is 4.99. The van der Waals surface area contributed by atoms with Gasteiger partial charge in [-0.2, -0.15) is 0 Å². The summed E-state index contributed by atoms with van der Waals surface area (Å²) in [7, 11) is 2.16. The van der Waals surface area contributed by atoms with Gasteiger partial charge in [-0.1, -0.05) is 19.1 Å². The summed E-state index contributed by atoms with van der Waals surface area (Å²) in [6.45, 7) is 7.06. The maximum absolute atomic E-state index is 5.79. The van der Waals surface area contributed by atoms with Gasteiger partial charge < -0.3 is 15.0 Å². The molecule has 0 amide bonds. The van der Waals surface area contributed by atoms with Crippen molar-refractivity contribution >= 4 is 11.8 Å². The first-order valence-corrected chi connectivity index (χ1v) is 7.99. The molecule has 19 heavy (non-hydrogen) atoms. The summed E-state index contributed by atoms with van der Waals surface area (Å²) in [5.74, 6) is 1.04. The largest absolute Gasteiger partial charge is 0.375 e. The zero-order valence-electron chi connectivity index (χ0n) is 11.9. The number of rotatable bonds is 6.